The minimum Gasteiger partial charge on any atom is -0.463 e. The Morgan fingerprint density at radius 1 is 1.09 bits per heavy atom. The number of methoxy groups -OCH3 is 1. The SMILES string of the molecule is COC(=O)c1ccc(Cn2cc(/C=C3\SC(=S)N(c4ccccc4)C3=O)c3ccccc32)o1. The number of thioether (sulfide) groups is 1. The van der Waals surface area contributed by atoms with Crippen LogP contribution >= 0.6 is 24.0 Å². The van der Waals surface area contributed by atoms with Crippen LogP contribution in [0.25, 0.3) is 17.0 Å². The molecule has 2 aromatic carbocycles. The smallest absolute Gasteiger partial charge is 0.373 e. The number of rotatable bonds is 5. The van der Waals surface area contributed by atoms with Crippen LogP contribution < -0.4 is 4.90 Å². The Balaban J connectivity index is 1.49. The Bertz CT molecular complexity index is 1420. The van der Waals surface area contributed by atoms with Crippen molar-refractivity contribution in [3.05, 3.63) is 94.9 Å². The third kappa shape index (κ3) is 3.99. The number of nitrogens with zero attached hydrogens (tertiary/aromatic N) is 2. The minimum absolute atomic E-state index is 0.137. The first-order valence-corrected chi connectivity index (χ1v) is 11.4. The average molecular weight is 475 g/mol. The zero-order chi connectivity index (χ0) is 22.9. The molecule has 3 heterocycles. The Morgan fingerprint density at radius 2 is 1.85 bits per heavy atom. The molecule has 33 heavy (non-hydrogen) atoms. The molecule has 0 aliphatic carbocycles. The van der Waals surface area contributed by atoms with E-state index in [-0.39, 0.29) is 11.7 Å². The Kier molecular flexibility index (Phi) is 5.62. The van der Waals surface area contributed by atoms with Gasteiger partial charge in [0.1, 0.15) is 5.76 Å². The molecule has 4 aromatic rings. The molecule has 0 spiro atoms. The second-order valence-electron chi connectivity index (χ2n) is 7.34. The predicted molar refractivity (Wildman–Crippen MR) is 133 cm³/mol. The Labute approximate surface area is 199 Å². The highest BCUT2D eigenvalue weighted by Crippen LogP contribution is 2.37. The highest BCUT2D eigenvalue weighted by Gasteiger charge is 2.33. The van der Waals surface area contributed by atoms with Gasteiger partial charge in [0, 0.05) is 22.7 Å². The van der Waals surface area contributed by atoms with Crippen LogP contribution in [0.4, 0.5) is 5.69 Å². The fourth-order valence-electron chi connectivity index (χ4n) is 3.77. The van der Waals surface area contributed by atoms with E-state index < -0.39 is 5.97 Å². The van der Waals surface area contributed by atoms with Gasteiger partial charge < -0.3 is 13.7 Å². The van der Waals surface area contributed by atoms with Gasteiger partial charge in [-0.3, -0.25) is 9.69 Å². The number of furan rings is 1. The van der Waals surface area contributed by atoms with Crippen molar-refractivity contribution in [2.45, 2.75) is 6.54 Å². The molecule has 1 saturated heterocycles. The Morgan fingerprint density at radius 3 is 2.64 bits per heavy atom. The maximum Gasteiger partial charge on any atom is 0.373 e. The van der Waals surface area contributed by atoms with Gasteiger partial charge in [-0.25, -0.2) is 4.79 Å². The molecule has 0 unspecified atom stereocenters. The summed E-state index contributed by atoms with van der Waals surface area (Å²) in [5, 5.41) is 1.00. The van der Waals surface area contributed by atoms with Crippen LogP contribution in [0.5, 0.6) is 0 Å². The lowest BCUT2D eigenvalue weighted by Gasteiger charge is -2.13. The summed E-state index contributed by atoms with van der Waals surface area (Å²) in [4.78, 5) is 27.0. The fourth-order valence-corrected chi connectivity index (χ4v) is 5.06. The van der Waals surface area contributed by atoms with Gasteiger partial charge in [0.15, 0.2) is 4.32 Å². The van der Waals surface area contributed by atoms with Crippen LogP contribution in [0.1, 0.15) is 21.9 Å². The van der Waals surface area contributed by atoms with Crippen molar-refractivity contribution in [1.82, 2.24) is 4.57 Å². The summed E-state index contributed by atoms with van der Waals surface area (Å²) >= 11 is 6.78. The maximum atomic E-state index is 13.1. The number of hydrogen-bond donors (Lipinski definition) is 0. The summed E-state index contributed by atoms with van der Waals surface area (Å²) in [6, 6.07) is 20.7. The molecule has 0 bridgehead atoms. The zero-order valence-electron chi connectivity index (χ0n) is 17.6. The summed E-state index contributed by atoms with van der Waals surface area (Å²) in [5.74, 6) is 0.133. The van der Waals surface area contributed by atoms with Gasteiger partial charge in [-0.15, -0.1) is 0 Å². The number of amides is 1. The summed E-state index contributed by atoms with van der Waals surface area (Å²) in [6.45, 7) is 0.427. The molecule has 0 radical (unpaired) electrons. The zero-order valence-corrected chi connectivity index (χ0v) is 19.2. The molecule has 1 fully saturated rings. The van der Waals surface area contributed by atoms with E-state index in [4.69, 9.17) is 21.4 Å². The molecular weight excluding hydrogens is 456 g/mol. The largest absolute Gasteiger partial charge is 0.463 e. The molecule has 0 atom stereocenters. The molecule has 5 rings (SSSR count). The summed E-state index contributed by atoms with van der Waals surface area (Å²) in [7, 11) is 1.32. The van der Waals surface area contributed by atoms with Gasteiger partial charge in [0.25, 0.3) is 5.91 Å². The number of carbonyl (C=O) groups is 2. The van der Waals surface area contributed by atoms with Crippen molar-refractivity contribution in [1.29, 1.82) is 0 Å². The van der Waals surface area contributed by atoms with Gasteiger partial charge in [0.05, 0.1) is 24.2 Å². The monoisotopic (exact) mass is 474 g/mol. The van der Waals surface area contributed by atoms with Crippen LogP contribution in [0.2, 0.25) is 0 Å². The number of anilines is 1. The third-order valence-corrected chi connectivity index (χ3v) is 6.59. The van der Waals surface area contributed by atoms with Gasteiger partial charge in [-0.2, -0.15) is 0 Å². The number of benzene rings is 2. The van der Waals surface area contributed by atoms with Crippen LogP contribution in [0.3, 0.4) is 0 Å². The number of para-hydroxylation sites is 2. The van der Waals surface area contributed by atoms with E-state index in [2.05, 4.69) is 0 Å². The van der Waals surface area contributed by atoms with Gasteiger partial charge >= 0.3 is 5.97 Å². The normalized spacial score (nSPS) is 15.1. The molecule has 0 saturated carbocycles. The second-order valence-corrected chi connectivity index (χ2v) is 9.02. The van der Waals surface area contributed by atoms with Crippen LogP contribution in [-0.2, 0) is 16.1 Å². The van der Waals surface area contributed by atoms with Crippen LogP contribution in [0.15, 0.2) is 82.2 Å². The number of aromatic nitrogens is 1. The number of ether oxygens (including phenoxy) is 1. The number of fused-ring (bicyclic) bond motifs is 1. The summed E-state index contributed by atoms with van der Waals surface area (Å²) in [5.41, 5.74) is 2.64. The van der Waals surface area contributed by atoms with E-state index in [1.807, 2.05) is 71.4 Å². The first kappa shape index (κ1) is 21.2. The molecule has 1 aliphatic heterocycles. The van der Waals surface area contributed by atoms with Crippen molar-refractivity contribution in [3.8, 4) is 0 Å². The van der Waals surface area contributed by atoms with Crippen LogP contribution in [0, 0.1) is 0 Å². The topological polar surface area (TPSA) is 64.7 Å². The Hall–Kier alpha value is -3.62. The van der Waals surface area contributed by atoms with E-state index in [0.717, 1.165) is 22.2 Å². The van der Waals surface area contributed by atoms with Crippen molar-refractivity contribution in [2.24, 2.45) is 0 Å². The number of hydrogen-bond acceptors (Lipinski definition) is 6. The molecule has 1 amide bonds. The van der Waals surface area contributed by atoms with Crippen LogP contribution in [-0.4, -0.2) is 27.9 Å². The standard InChI is InChI=1S/C25H18N2O4S2/c1-30-24(29)21-12-11-18(31-21)15-26-14-16(19-9-5-6-10-20(19)26)13-22-23(28)27(25(32)33-22)17-7-3-2-4-8-17/h2-14H,15H2,1H3/b22-13-. The molecule has 6 nitrogen and oxygen atoms in total. The fraction of sp³-hybridized carbons (Fsp3) is 0.0800. The van der Waals surface area contributed by atoms with E-state index in [1.54, 1.807) is 17.0 Å². The molecular formula is C25H18N2O4S2. The highest BCUT2D eigenvalue weighted by atomic mass is 32.2. The average Bonchev–Trinajstić information content (AvgIpc) is 3.51. The minimum atomic E-state index is -0.514. The lowest BCUT2D eigenvalue weighted by Crippen LogP contribution is -2.27. The summed E-state index contributed by atoms with van der Waals surface area (Å²) < 4.78 is 12.9. The predicted octanol–water partition coefficient (Wildman–Crippen LogP) is 5.48. The van der Waals surface area contributed by atoms with E-state index in [9.17, 15) is 9.59 Å². The van der Waals surface area contributed by atoms with Gasteiger partial charge in [-0.1, -0.05) is 60.4 Å². The molecule has 0 N–H and O–H groups in total. The molecule has 164 valence electrons. The lowest BCUT2D eigenvalue weighted by molar-refractivity contribution is -0.113. The summed E-state index contributed by atoms with van der Waals surface area (Å²) in [6.07, 6.45) is 3.85. The van der Waals surface area contributed by atoms with Gasteiger partial charge in [0.2, 0.25) is 5.76 Å². The molecule has 2 aromatic heterocycles. The quantitative estimate of drug-likeness (QED) is 0.217. The lowest BCUT2D eigenvalue weighted by atomic mass is 10.1. The van der Waals surface area contributed by atoms with E-state index in [1.165, 1.54) is 18.9 Å². The van der Waals surface area contributed by atoms with Gasteiger partial charge in [-0.05, 0) is 36.4 Å². The molecule has 1 aliphatic rings. The van der Waals surface area contributed by atoms with Crippen molar-refractivity contribution >= 4 is 62.8 Å². The maximum absolute atomic E-state index is 13.1. The number of thiocarbonyl (C=S) groups is 1. The van der Waals surface area contributed by atoms with E-state index in [0.29, 0.717) is 21.5 Å². The first-order valence-electron chi connectivity index (χ1n) is 10.1. The number of esters is 1. The van der Waals surface area contributed by atoms with Crippen molar-refractivity contribution < 1.29 is 18.7 Å². The second kappa shape index (κ2) is 8.73. The highest BCUT2D eigenvalue weighted by molar-refractivity contribution is 8.27. The van der Waals surface area contributed by atoms with Crippen molar-refractivity contribution in [2.75, 3.05) is 12.0 Å². The molecule has 8 heteroatoms. The first-order chi connectivity index (χ1) is 16.0. The van der Waals surface area contributed by atoms with Crippen molar-refractivity contribution in [3.63, 3.8) is 0 Å². The number of carbonyl (C=O) groups excluding carboxylic acids is 2. The van der Waals surface area contributed by atoms with E-state index >= 15 is 0 Å². The third-order valence-electron chi connectivity index (χ3n) is 5.29.